The zero-order chi connectivity index (χ0) is 10.1. The van der Waals surface area contributed by atoms with Crippen LogP contribution in [0.15, 0.2) is 34.9 Å². The number of carbonyl (C=O) groups is 1. The summed E-state index contributed by atoms with van der Waals surface area (Å²) in [4.78, 5) is 11.6. The molecule has 14 heavy (non-hydrogen) atoms. The first-order valence-electron chi connectivity index (χ1n) is 3.99. The maximum absolute atomic E-state index is 11.6. The Kier molecular flexibility index (Phi) is 2.61. The lowest BCUT2D eigenvalue weighted by Gasteiger charge is -1.96. The highest BCUT2D eigenvalue weighted by molar-refractivity contribution is 9.10. The van der Waals surface area contributed by atoms with Crippen LogP contribution in [0.1, 0.15) is 10.4 Å². The van der Waals surface area contributed by atoms with Crippen LogP contribution in [0.2, 0.25) is 0 Å². The van der Waals surface area contributed by atoms with Crippen molar-refractivity contribution in [3.8, 4) is 0 Å². The zero-order valence-electron chi connectivity index (χ0n) is 7.04. The normalized spacial score (nSPS) is 13.0. The number of rotatable bonds is 2. The number of hydrogen-bond acceptors (Lipinski definition) is 2. The minimum Gasteiger partial charge on any atom is -0.464 e. The highest BCUT2D eigenvalue weighted by atomic mass is 79.9. The van der Waals surface area contributed by atoms with Crippen molar-refractivity contribution >= 4 is 44.3 Å². The molecule has 0 amide bonds. The third kappa shape index (κ3) is 1.57. The van der Waals surface area contributed by atoms with Crippen LogP contribution in [0.3, 0.4) is 0 Å². The fraction of sp³-hybridized carbons (Fsp3) is 0.100. The van der Waals surface area contributed by atoms with Gasteiger partial charge in [-0.25, -0.2) is 0 Å². The fourth-order valence-corrected chi connectivity index (χ4v) is 1.65. The van der Waals surface area contributed by atoms with Gasteiger partial charge in [-0.3, -0.25) is 4.79 Å². The van der Waals surface area contributed by atoms with Crippen molar-refractivity contribution in [3.63, 3.8) is 0 Å². The van der Waals surface area contributed by atoms with Gasteiger partial charge in [-0.15, -0.1) is 11.6 Å². The van der Waals surface area contributed by atoms with Gasteiger partial charge in [0.2, 0.25) is 0 Å². The fourth-order valence-electron chi connectivity index (χ4n) is 1.29. The molecule has 0 fully saturated rings. The quantitative estimate of drug-likeness (QED) is 0.618. The molecule has 1 atom stereocenters. The second-order valence-corrected chi connectivity index (χ2v) is 4.69. The Morgan fingerprint density at radius 3 is 2.86 bits per heavy atom. The molecule has 0 bridgehead atoms. The molecule has 1 heterocycles. The van der Waals surface area contributed by atoms with Crippen LogP contribution in [-0.4, -0.2) is 10.1 Å². The summed E-state index contributed by atoms with van der Waals surface area (Å²) in [5.41, 5.74) is 1.21. The Morgan fingerprint density at radius 1 is 1.43 bits per heavy atom. The molecule has 2 aromatic rings. The molecule has 2 nitrogen and oxygen atoms in total. The average molecular weight is 274 g/mol. The van der Waals surface area contributed by atoms with Crippen molar-refractivity contribution in [1.82, 2.24) is 0 Å². The number of benzene rings is 1. The number of ketones is 1. The maximum atomic E-state index is 11.6. The first kappa shape index (κ1) is 9.74. The summed E-state index contributed by atoms with van der Waals surface area (Å²) in [6.45, 7) is 0. The molecule has 1 aromatic carbocycles. The van der Waals surface area contributed by atoms with Gasteiger partial charge in [0.1, 0.15) is 11.8 Å². The molecule has 0 saturated carbocycles. The summed E-state index contributed by atoms with van der Waals surface area (Å²) in [6.07, 6.45) is 1.43. The predicted octanol–water partition coefficient (Wildman–Crippen LogP) is 3.58. The van der Waals surface area contributed by atoms with Crippen LogP contribution in [0.5, 0.6) is 0 Å². The van der Waals surface area contributed by atoms with Gasteiger partial charge in [0.05, 0.1) is 5.56 Å². The van der Waals surface area contributed by atoms with Gasteiger partial charge in [-0.05, 0) is 6.07 Å². The first-order chi connectivity index (χ1) is 6.70. The van der Waals surface area contributed by atoms with Crippen molar-refractivity contribution in [2.24, 2.45) is 0 Å². The molecule has 1 unspecified atom stereocenters. The molecule has 0 aliphatic rings. The lowest BCUT2D eigenvalue weighted by atomic mass is 10.1. The van der Waals surface area contributed by atoms with Gasteiger partial charge in [0.15, 0.2) is 10.1 Å². The topological polar surface area (TPSA) is 30.2 Å². The minimum atomic E-state index is -0.705. The standard InChI is InChI=1S/C10H6BrClO2/c11-10(12)9(13)7-5-14-8-4-2-1-3-6(7)8/h1-5,10H. The Hall–Kier alpha value is -0.800. The molecule has 0 N–H and O–H groups in total. The molecule has 0 saturated heterocycles. The van der Waals surface area contributed by atoms with Crippen molar-refractivity contribution in [1.29, 1.82) is 0 Å². The van der Waals surface area contributed by atoms with E-state index < -0.39 is 4.29 Å². The number of halogens is 2. The molecule has 4 heteroatoms. The number of Topliss-reactive ketones (excluding diaryl/α,β-unsaturated/α-hetero) is 1. The highest BCUT2D eigenvalue weighted by Gasteiger charge is 2.18. The van der Waals surface area contributed by atoms with Gasteiger partial charge in [-0.1, -0.05) is 34.1 Å². The largest absolute Gasteiger partial charge is 0.464 e. The van der Waals surface area contributed by atoms with E-state index in [2.05, 4.69) is 15.9 Å². The number of fused-ring (bicyclic) bond motifs is 1. The second kappa shape index (κ2) is 3.75. The van der Waals surface area contributed by atoms with Gasteiger partial charge < -0.3 is 4.42 Å². The number of carbonyl (C=O) groups excluding carboxylic acids is 1. The molecule has 0 aliphatic heterocycles. The van der Waals surface area contributed by atoms with Gasteiger partial charge in [-0.2, -0.15) is 0 Å². The lowest BCUT2D eigenvalue weighted by Crippen LogP contribution is -2.06. The predicted molar refractivity (Wildman–Crippen MR) is 59.1 cm³/mol. The summed E-state index contributed by atoms with van der Waals surface area (Å²) in [7, 11) is 0. The monoisotopic (exact) mass is 272 g/mol. The van der Waals surface area contributed by atoms with Crippen LogP contribution in [0.25, 0.3) is 11.0 Å². The third-order valence-electron chi connectivity index (χ3n) is 1.94. The molecule has 72 valence electrons. The van der Waals surface area contributed by atoms with Gasteiger partial charge in [0, 0.05) is 5.39 Å². The number of para-hydroxylation sites is 1. The SMILES string of the molecule is O=C(c1coc2ccccc12)C(Cl)Br. The molecule has 1 aromatic heterocycles. The van der Waals surface area contributed by atoms with E-state index >= 15 is 0 Å². The summed E-state index contributed by atoms with van der Waals surface area (Å²) in [5.74, 6) is -0.184. The van der Waals surface area contributed by atoms with Crippen molar-refractivity contribution < 1.29 is 9.21 Å². The Morgan fingerprint density at radius 2 is 2.14 bits per heavy atom. The summed E-state index contributed by atoms with van der Waals surface area (Å²) >= 11 is 8.67. The Labute approximate surface area is 94.0 Å². The second-order valence-electron chi connectivity index (χ2n) is 2.81. The van der Waals surface area contributed by atoms with Crippen molar-refractivity contribution in [3.05, 3.63) is 36.1 Å². The zero-order valence-corrected chi connectivity index (χ0v) is 9.38. The van der Waals surface area contributed by atoms with Crippen LogP contribution in [0, 0.1) is 0 Å². The maximum Gasteiger partial charge on any atom is 0.195 e. The van der Waals surface area contributed by atoms with Gasteiger partial charge in [0.25, 0.3) is 0 Å². The molecule has 2 rings (SSSR count). The van der Waals surface area contributed by atoms with E-state index in [-0.39, 0.29) is 5.78 Å². The molecule has 0 aliphatic carbocycles. The Bertz CT molecular complexity index is 476. The third-order valence-corrected chi connectivity index (χ3v) is 2.56. The highest BCUT2D eigenvalue weighted by Crippen LogP contribution is 2.24. The van der Waals surface area contributed by atoms with E-state index in [1.54, 1.807) is 0 Å². The van der Waals surface area contributed by atoms with Gasteiger partial charge >= 0.3 is 0 Å². The summed E-state index contributed by atoms with van der Waals surface area (Å²) in [6, 6.07) is 7.35. The number of hydrogen-bond donors (Lipinski definition) is 0. The van der Waals surface area contributed by atoms with E-state index in [4.69, 9.17) is 16.0 Å². The summed E-state index contributed by atoms with van der Waals surface area (Å²) < 4.78 is 4.51. The summed E-state index contributed by atoms with van der Waals surface area (Å²) in [5, 5.41) is 0.794. The minimum absolute atomic E-state index is 0.184. The smallest absolute Gasteiger partial charge is 0.195 e. The van der Waals surface area contributed by atoms with E-state index in [1.807, 2.05) is 24.3 Å². The van der Waals surface area contributed by atoms with E-state index in [9.17, 15) is 4.79 Å². The van der Waals surface area contributed by atoms with E-state index in [0.29, 0.717) is 11.1 Å². The van der Waals surface area contributed by atoms with Crippen LogP contribution < -0.4 is 0 Å². The van der Waals surface area contributed by atoms with E-state index in [1.165, 1.54) is 6.26 Å². The number of furan rings is 1. The molecule has 0 spiro atoms. The number of alkyl halides is 2. The van der Waals surface area contributed by atoms with Crippen molar-refractivity contribution in [2.45, 2.75) is 4.29 Å². The van der Waals surface area contributed by atoms with Crippen LogP contribution in [0.4, 0.5) is 0 Å². The van der Waals surface area contributed by atoms with E-state index in [0.717, 1.165) is 5.39 Å². The Balaban J connectivity index is 2.58. The van der Waals surface area contributed by atoms with Crippen molar-refractivity contribution in [2.75, 3.05) is 0 Å². The molecular formula is C10H6BrClO2. The average Bonchev–Trinajstić information content (AvgIpc) is 2.60. The molecule has 0 radical (unpaired) electrons. The lowest BCUT2D eigenvalue weighted by molar-refractivity contribution is 0.101. The van der Waals surface area contributed by atoms with Crippen LogP contribution in [-0.2, 0) is 0 Å². The molecular weight excluding hydrogens is 267 g/mol. The first-order valence-corrected chi connectivity index (χ1v) is 5.34. The van der Waals surface area contributed by atoms with Crippen LogP contribution >= 0.6 is 27.5 Å².